The van der Waals surface area contributed by atoms with E-state index in [2.05, 4.69) is 15.9 Å². The second-order valence-electron chi connectivity index (χ2n) is 6.69. The van der Waals surface area contributed by atoms with Crippen molar-refractivity contribution in [3.8, 4) is 6.07 Å². The zero-order valence-electron chi connectivity index (χ0n) is 15.7. The Balaban J connectivity index is 3.20. The van der Waals surface area contributed by atoms with Gasteiger partial charge in [0.1, 0.15) is 4.91 Å². The van der Waals surface area contributed by atoms with Gasteiger partial charge in [0.2, 0.25) is 0 Å². The average Bonchev–Trinajstić information content (AvgIpc) is 2.69. The summed E-state index contributed by atoms with van der Waals surface area (Å²) < 4.78 is 176. The van der Waals surface area contributed by atoms with Gasteiger partial charge in [-0.05, 0) is 17.7 Å². The molecule has 187 valence electrons. The third-order valence-electron chi connectivity index (χ3n) is 4.68. The Kier molecular flexibility index (Phi) is 7.23. The molecule has 0 bridgehead atoms. The summed E-state index contributed by atoms with van der Waals surface area (Å²) in [7, 11) is 0. The van der Waals surface area contributed by atoms with Gasteiger partial charge in [0.05, 0.1) is 34.6 Å². The van der Waals surface area contributed by atoms with Crippen molar-refractivity contribution >= 4 is 27.1 Å². The van der Waals surface area contributed by atoms with E-state index in [1.54, 1.807) is 0 Å². The lowest BCUT2D eigenvalue weighted by Gasteiger charge is -2.48. The number of alkyl halides is 12. The van der Waals surface area contributed by atoms with E-state index >= 15 is 4.39 Å². The zero-order valence-corrected chi connectivity index (χ0v) is 18.1. The molecule has 0 spiro atoms. The van der Waals surface area contributed by atoms with Crippen LogP contribution in [0.5, 0.6) is 0 Å². The molecule has 1 aliphatic carbocycles. The minimum Gasteiger partial charge on any atom is -0.605 e. The number of nitrogens with zero attached hydrogens (tertiary/aromatic N) is 1. The Morgan fingerprint density at radius 3 is 1.82 bits per heavy atom. The van der Waals surface area contributed by atoms with E-state index in [1.807, 2.05) is 0 Å². The van der Waals surface area contributed by atoms with Crippen molar-refractivity contribution in [3.05, 3.63) is 63.4 Å². The Hall–Kier alpha value is -1.86. The number of halogens is 13. The van der Waals surface area contributed by atoms with E-state index < -0.39 is 72.6 Å². The van der Waals surface area contributed by atoms with Crippen molar-refractivity contribution in [1.82, 2.24) is 0 Å². The number of rotatable bonds is 4. The van der Waals surface area contributed by atoms with Gasteiger partial charge in [-0.2, -0.15) is 40.4 Å². The van der Waals surface area contributed by atoms with Gasteiger partial charge in [0.15, 0.2) is 0 Å². The fourth-order valence-corrected chi connectivity index (χ4v) is 4.85. The standard InChI is InChI=1S/C18H7BrF12NOS/c19-10-5-11(34(33)18(29,30)31)7-13(6-10,12-4-2-1-3-9(12)8-32)14(20,16(23,24)25)15(21,22)17(26,27)28/h1-7H. The van der Waals surface area contributed by atoms with Gasteiger partial charge in [-0.3, -0.25) is 0 Å². The first-order chi connectivity index (χ1) is 15.2. The molecule has 1 aromatic rings. The minimum atomic E-state index is -7.27. The van der Waals surface area contributed by atoms with Crippen LogP contribution in [0.4, 0.5) is 52.7 Å². The lowest BCUT2D eigenvalue weighted by molar-refractivity contribution is -0.392. The molecular weight excluding hydrogens is 586 g/mol. The largest absolute Gasteiger partial charge is 0.605 e. The zero-order chi connectivity index (χ0) is 26.5. The van der Waals surface area contributed by atoms with E-state index in [-0.39, 0.29) is 12.5 Å². The summed E-state index contributed by atoms with van der Waals surface area (Å²) in [6, 6.07) is 3.81. The molecule has 2 nitrogen and oxygen atoms in total. The van der Waals surface area contributed by atoms with Crippen LogP contribution in [0.25, 0.3) is 0 Å². The second-order valence-corrected chi connectivity index (χ2v) is 9.08. The van der Waals surface area contributed by atoms with Gasteiger partial charge < -0.3 is 4.55 Å². The summed E-state index contributed by atoms with van der Waals surface area (Å²) in [4.78, 5) is -1.76. The molecule has 0 aromatic heterocycles. The van der Waals surface area contributed by atoms with Crippen LogP contribution in [0.3, 0.4) is 0 Å². The maximum absolute atomic E-state index is 15.8. The van der Waals surface area contributed by atoms with Gasteiger partial charge in [-0.25, -0.2) is 4.39 Å². The molecule has 0 amide bonds. The number of hydrogen-bond acceptors (Lipinski definition) is 2. The lowest BCUT2D eigenvalue weighted by atomic mass is 9.62. The normalized spacial score (nSPS) is 22.9. The van der Waals surface area contributed by atoms with Crippen LogP contribution >= 0.6 is 15.9 Å². The third-order valence-corrected chi connectivity index (χ3v) is 6.22. The van der Waals surface area contributed by atoms with Crippen molar-refractivity contribution in [2.24, 2.45) is 0 Å². The van der Waals surface area contributed by atoms with Gasteiger partial charge >= 0.3 is 23.8 Å². The Bertz CT molecular complexity index is 1050. The van der Waals surface area contributed by atoms with Crippen LogP contribution in [0, 0.1) is 17.8 Å². The van der Waals surface area contributed by atoms with Crippen LogP contribution in [0.1, 0.15) is 11.1 Å². The molecule has 3 atom stereocenters. The molecule has 1 radical (unpaired) electrons. The van der Waals surface area contributed by atoms with E-state index in [9.17, 15) is 58.1 Å². The fraction of sp³-hybridized carbons (Fsp3) is 0.333. The van der Waals surface area contributed by atoms with Crippen molar-refractivity contribution in [1.29, 1.82) is 5.26 Å². The first kappa shape index (κ1) is 28.4. The molecule has 2 rings (SSSR count). The van der Waals surface area contributed by atoms with E-state index in [0.29, 0.717) is 12.1 Å². The van der Waals surface area contributed by atoms with Crippen LogP contribution in [-0.4, -0.2) is 34.0 Å². The summed E-state index contributed by atoms with van der Waals surface area (Å²) in [5, 5.41) is 9.20. The molecule has 0 saturated heterocycles. The molecule has 0 heterocycles. The average molecular weight is 593 g/mol. The molecule has 0 saturated carbocycles. The van der Waals surface area contributed by atoms with Crippen molar-refractivity contribution < 1.29 is 57.2 Å². The van der Waals surface area contributed by atoms with Gasteiger partial charge in [0.25, 0.3) is 5.67 Å². The fourth-order valence-electron chi connectivity index (χ4n) is 3.29. The highest BCUT2D eigenvalue weighted by atomic mass is 79.9. The van der Waals surface area contributed by atoms with E-state index in [4.69, 9.17) is 0 Å². The molecule has 0 fully saturated rings. The van der Waals surface area contributed by atoms with Crippen LogP contribution in [0.2, 0.25) is 0 Å². The lowest BCUT2D eigenvalue weighted by Crippen LogP contribution is -2.71. The minimum absolute atomic E-state index is 0.187. The monoisotopic (exact) mass is 592 g/mol. The molecular formula is C18H7BrF12NOS. The maximum atomic E-state index is 15.8. The number of nitriles is 1. The second kappa shape index (κ2) is 8.66. The quantitative estimate of drug-likeness (QED) is 0.282. The SMILES string of the molecule is N#Cc1ccccc1C1(C(F)(C(F)(F)F)C(F)(F)C(F)(F)F)C=C(Br)[CH]C([S+]([O-])C(F)(F)F)=C1. The van der Waals surface area contributed by atoms with E-state index in [1.165, 1.54) is 6.07 Å². The van der Waals surface area contributed by atoms with Crippen LogP contribution in [-0.2, 0) is 16.6 Å². The summed E-state index contributed by atoms with van der Waals surface area (Å²) in [6.45, 7) is 0. The van der Waals surface area contributed by atoms with E-state index in [0.717, 1.165) is 12.1 Å². The number of hydrogen-bond donors (Lipinski definition) is 0. The van der Waals surface area contributed by atoms with Crippen molar-refractivity contribution in [2.45, 2.75) is 34.9 Å². The predicted molar refractivity (Wildman–Crippen MR) is 97.3 cm³/mol. The Morgan fingerprint density at radius 1 is 0.853 bits per heavy atom. The first-order valence-electron chi connectivity index (χ1n) is 8.31. The van der Waals surface area contributed by atoms with Crippen LogP contribution in [0.15, 0.2) is 45.8 Å². The molecule has 3 unspecified atom stereocenters. The number of allylic oxidation sites excluding steroid dienone is 4. The molecule has 1 aliphatic rings. The Labute approximate surface area is 194 Å². The van der Waals surface area contributed by atoms with Gasteiger partial charge in [-0.1, -0.05) is 40.2 Å². The molecule has 34 heavy (non-hydrogen) atoms. The van der Waals surface area contributed by atoms with Crippen molar-refractivity contribution in [3.63, 3.8) is 0 Å². The first-order valence-corrected chi connectivity index (χ1v) is 10.3. The highest BCUT2D eigenvalue weighted by molar-refractivity contribution is 9.11. The third kappa shape index (κ3) is 4.30. The topological polar surface area (TPSA) is 46.8 Å². The van der Waals surface area contributed by atoms with Crippen molar-refractivity contribution in [2.75, 3.05) is 0 Å². The van der Waals surface area contributed by atoms with Gasteiger partial charge in [0, 0.05) is 4.48 Å². The molecule has 0 aliphatic heterocycles. The maximum Gasteiger partial charge on any atom is 0.577 e. The summed E-state index contributed by atoms with van der Waals surface area (Å²) >= 11 is -1.91. The molecule has 1 aromatic carbocycles. The number of benzene rings is 1. The smallest absolute Gasteiger partial charge is 0.577 e. The summed E-state index contributed by atoms with van der Waals surface area (Å²) in [6.07, 6.45) is -14.9. The molecule has 16 heteroatoms. The highest BCUT2D eigenvalue weighted by Gasteiger charge is 2.87. The molecule has 0 N–H and O–H groups in total. The highest BCUT2D eigenvalue weighted by Crippen LogP contribution is 2.64. The summed E-state index contributed by atoms with van der Waals surface area (Å²) in [5.74, 6) is -7.27. The Morgan fingerprint density at radius 2 is 1.38 bits per heavy atom. The van der Waals surface area contributed by atoms with Gasteiger partial charge in [-0.15, -0.1) is 13.2 Å². The van der Waals surface area contributed by atoms with Crippen LogP contribution < -0.4 is 0 Å². The summed E-state index contributed by atoms with van der Waals surface area (Å²) in [5.41, 5.74) is -19.4. The predicted octanol–water partition coefficient (Wildman–Crippen LogP) is 6.91.